The van der Waals surface area contributed by atoms with Gasteiger partial charge in [-0.1, -0.05) is 29.3 Å². The third-order valence-electron chi connectivity index (χ3n) is 5.32. The van der Waals surface area contributed by atoms with Gasteiger partial charge in [0.2, 0.25) is 0 Å². The lowest BCUT2D eigenvalue weighted by molar-refractivity contribution is 0.0205. The Kier molecular flexibility index (Phi) is 5.00. The fourth-order valence-electron chi connectivity index (χ4n) is 4.22. The molecule has 1 aromatic rings. The number of hydrogen-bond acceptors (Lipinski definition) is 3. The molecular formula is C19H25Cl2NO3. The maximum Gasteiger partial charge on any atom is 0.410 e. The molecule has 1 aromatic carbocycles. The molecule has 2 unspecified atom stereocenters. The highest BCUT2D eigenvalue weighted by Gasteiger charge is 2.67. The van der Waals surface area contributed by atoms with Crippen LogP contribution >= 0.6 is 23.2 Å². The van der Waals surface area contributed by atoms with Crippen molar-refractivity contribution in [3.8, 4) is 0 Å². The minimum atomic E-state index is -0.481. The molecule has 4 nitrogen and oxygen atoms in total. The van der Waals surface area contributed by atoms with E-state index in [0.717, 1.165) is 12.0 Å². The first kappa shape index (κ1) is 18.8. The zero-order valence-corrected chi connectivity index (χ0v) is 16.7. The SMILES string of the molecule is COC[C@@]1(c2ccc(Cl)c(Cl)c2)C2CCN(C(=O)OC(C)(C)C)CC21. The highest BCUT2D eigenvalue weighted by Crippen LogP contribution is 2.64. The first-order chi connectivity index (χ1) is 11.7. The molecule has 1 heterocycles. The summed E-state index contributed by atoms with van der Waals surface area (Å²) in [7, 11) is 1.72. The van der Waals surface area contributed by atoms with Crippen molar-refractivity contribution in [2.24, 2.45) is 11.8 Å². The number of benzene rings is 1. The third-order valence-corrected chi connectivity index (χ3v) is 6.06. The first-order valence-electron chi connectivity index (χ1n) is 8.61. The summed E-state index contributed by atoms with van der Waals surface area (Å²) in [5.74, 6) is 0.842. The van der Waals surface area contributed by atoms with Crippen LogP contribution in [-0.2, 0) is 14.9 Å². The Morgan fingerprint density at radius 3 is 2.60 bits per heavy atom. The molecule has 2 aliphatic rings. The van der Waals surface area contributed by atoms with Crippen LogP contribution in [0.4, 0.5) is 4.79 Å². The Balaban J connectivity index is 1.80. The molecule has 0 aromatic heterocycles. The molecule has 0 spiro atoms. The minimum Gasteiger partial charge on any atom is -0.444 e. The lowest BCUT2D eigenvalue weighted by atomic mass is 9.92. The summed E-state index contributed by atoms with van der Waals surface area (Å²) in [4.78, 5) is 14.2. The molecule has 1 aliphatic heterocycles. The van der Waals surface area contributed by atoms with Crippen LogP contribution in [0.2, 0.25) is 10.0 Å². The van der Waals surface area contributed by atoms with Crippen molar-refractivity contribution in [2.45, 2.75) is 38.2 Å². The molecular weight excluding hydrogens is 361 g/mol. The second-order valence-corrected chi connectivity index (χ2v) is 8.84. The molecule has 138 valence electrons. The first-order valence-corrected chi connectivity index (χ1v) is 9.37. The van der Waals surface area contributed by atoms with E-state index in [0.29, 0.717) is 41.6 Å². The number of carbonyl (C=O) groups is 1. The predicted octanol–water partition coefficient (Wildman–Crippen LogP) is 4.76. The van der Waals surface area contributed by atoms with E-state index in [4.69, 9.17) is 32.7 Å². The van der Waals surface area contributed by atoms with Crippen molar-refractivity contribution >= 4 is 29.3 Å². The average molecular weight is 386 g/mol. The van der Waals surface area contributed by atoms with E-state index >= 15 is 0 Å². The second-order valence-electron chi connectivity index (χ2n) is 8.03. The summed E-state index contributed by atoms with van der Waals surface area (Å²) < 4.78 is 11.1. The summed E-state index contributed by atoms with van der Waals surface area (Å²) in [5, 5.41) is 1.11. The number of carbonyl (C=O) groups excluding carboxylic acids is 1. The van der Waals surface area contributed by atoms with E-state index in [1.807, 2.05) is 43.9 Å². The van der Waals surface area contributed by atoms with E-state index in [9.17, 15) is 4.79 Å². The fourth-order valence-corrected chi connectivity index (χ4v) is 4.52. The van der Waals surface area contributed by atoms with Gasteiger partial charge in [-0.15, -0.1) is 0 Å². The van der Waals surface area contributed by atoms with Gasteiger partial charge in [0.1, 0.15) is 5.60 Å². The van der Waals surface area contributed by atoms with Gasteiger partial charge in [-0.05, 0) is 56.7 Å². The smallest absolute Gasteiger partial charge is 0.410 e. The quantitative estimate of drug-likeness (QED) is 0.752. The molecule has 6 heteroatoms. The fraction of sp³-hybridized carbons (Fsp3) is 0.632. The van der Waals surface area contributed by atoms with Crippen molar-refractivity contribution in [1.82, 2.24) is 4.90 Å². The van der Waals surface area contributed by atoms with E-state index in [-0.39, 0.29) is 11.5 Å². The lowest BCUT2D eigenvalue weighted by Gasteiger charge is -2.29. The largest absolute Gasteiger partial charge is 0.444 e. The molecule has 0 radical (unpaired) electrons. The van der Waals surface area contributed by atoms with Crippen molar-refractivity contribution in [2.75, 3.05) is 26.8 Å². The van der Waals surface area contributed by atoms with E-state index in [1.54, 1.807) is 7.11 Å². The standard InChI is InChI=1S/C19H25Cl2NO3/c1-18(2,3)25-17(23)22-8-7-13-14(10-22)19(13,11-24-4)12-5-6-15(20)16(21)9-12/h5-6,9,13-14H,7-8,10-11H2,1-4H3/t13?,14?,19-/m1/s1. The van der Waals surface area contributed by atoms with Gasteiger partial charge in [-0.25, -0.2) is 4.79 Å². The molecule has 1 saturated heterocycles. The molecule has 0 N–H and O–H groups in total. The number of hydrogen-bond donors (Lipinski definition) is 0. The van der Waals surface area contributed by atoms with Gasteiger partial charge in [0.25, 0.3) is 0 Å². The van der Waals surface area contributed by atoms with Crippen LogP contribution in [0.25, 0.3) is 0 Å². The van der Waals surface area contributed by atoms with Crippen LogP contribution in [0, 0.1) is 11.8 Å². The topological polar surface area (TPSA) is 38.8 Å². The number of fused-ring (bicyclic) bond motifs is 1. The van der Waals surface area contributed by atoms with Crippen LogP contribution in [0.3, 0.4) is 0 Å². The van der Waals surface area contributed by atoms with Gasteiger partial charge in [0.05, 0.1) is 16.7 Å². The summed E-state index contributed by atoms with van der Waals surface area (Å²) in [6.45, 7) is 7.67. The third kappa shape index (κ3) is 3.49. The average Bonchev–Trinajstić information content (AvgIpc) is 3.16. The monoisotopic (exact) mass is 385 g/mol. The number of rotatable bonds is 3. The van der Waals surface area contributed by atoms with Crippen LogP contribution in [0.5, 0.6) is 0 Å². The van der Waals surface area contributed by atoms with Gasteiger partial charge in [0, 0.05) is 25.6 Å². The summed E-state index contributed by atoms with van der Waals surface area (Å²) in [6, 6.07) is 5.81. The maximum atomic E-state index is 12.4. The van der Waals surface area contributed by atoms with Crippen molar-refractivity contribution in [3.05, 3.63) is 33.8 Å². The normalized spacial score (nSPS) is 28.5. The van der Waals surface area contributed by atoms with Crippen molar-refractivity contribution in [1.29, 1.82) is 0 Å². The number of halogens is 2. The van der Waals surface area contributed by atoms with Gasteiger partial charge in [0.15, 0.2) is 0 Å². The highest BCUT2D eigenvalue weighted by molar-refractivity contribution is 6.42. The van der Waals surface area contributed by atoms with Crippen molar-refractivity contribution < 1.29 is 14.3 Å². The number of piperidine rings is 1. The summed E-state index contributed by atoms with van der Waals surface area (Å²) >= 11 is 12.3. The number of ether oxygens (including phenoxy) is 2. The van der Waals surface area contributed by atoms with Gasteiger partial charge < -0.3 is 14.4 Å². The Morgan fingerprint density at radius 2 is 2.00 bits per heavy atom. The molecule has 0 bridgehead atoms. The number of nitrogens with zero attached hydrogens (tertiary/aromatic N) is 1. The summed E-state index contributed by atoms with van der Waals surface area (Å²) in [5.41, 5.74) is 0.565. The highest BCUT2D eigenvalue weighted by atomic mass is 35.5. The van der Waals surface area contributed by atoms with Crippen LogP contribution in [0.1, 0.15) is 32.8 Å². The Hall–Kier alpha value is -0.970. The Labute approximate surface area is 159 Å². The van der Waals surface area contributed by atoms with E-state index in [1.165, 1.54) is 0 Å². The molecule has 3 atom stereocenters. The van der Waals surface area contributed by atoms with E-state index in [2.05, 4.69) is 0 Å². The van der Waals surface area contributed by atoms with Crippen LogP contribution in [-0.4, -0.2) is 43.4 Å². The zero-order valence-electron chi connectivity index (χ0n) is 15.1. The second kappa shape index (κ2) is 6.64. The predicted molar refractivity (Wildman–Crippen MR) is 99.4 cm³/mol. The molecule has 2 fully saturated rings. The molecule has 25 heavy (non-hydrogen) atoms. The van der Waals surface area contributed by atoms with Gasteiger partial charge >= 0.3 is 6.09 Å². The molecule has 1 amide bonds. The summed E-state index contributed by atoms with van der Waals surface area (Å²) in [6.07, 6.45) is 0.700. The minimum absolute atomic E-state index is 0.0975. The molecule has 1 aliphatic carbocycles. The molecule has 1 saturated carbocycles. The van der Waals surface area contributed by atoms with Gasteiger partial charge in [-0.2, -0.15) is 0 Å². The number of likely N-dealkylation sites (tertiary alicyclic amines) is 1. The Bertz CT molecular complexity index is 673. The molecule has 3 rings (SSSR count). The van der Waals surface area contributed by atoms with E-state index < -0.39 is 5.60 Å². The number of amides is 1. The number of methoxy groups -OCH3 is 1. The van der Waals surface area contributed by atoms with Crippen LogP contribution < -0.4 is 0 Å². The van der Waals surface area contributed by atoms with Gasteiger partial charge in [-0.3, -0.25) is 0 Å². The van der Waals surface area contributed by atoms with Crippen molar-refractivity contribution in [3.63, 3.8) is 0 Å². The maximum absolute atomic E-state index is 12.4. The Morgan fingerprint density at radius 1 is 1.28 bits per heavy atom. The lowest BCUT2D eigenvalue weighted by Crippen LogP contribution is -2.40. The van der Waals surface area contributed by atoms with Crippen LogP contribution in [0.15, 0.2) is 18.2 Å². The zero-order chi connectivity index (χ0) is 18.4.